The molecule has 21 heavy (non-hydrogen) atoms. The third-order valence-corrected chi connectivity index (χ3v) is 4.62. The molecule has 2 N–H and O–H groups in total. The van der Waals surface area contributed by atoms with Crippen molar-refractivity contribution in [1.82, 2.24) is 10.1 Å². The highest BCUT2D eigenvalue weighted by Crippen LogP contribution is 2.34. The van der Waals surface area contributed by atoms with Gasteiger partial charge in [-0.1, -0.05) is 35.5 Å². The summed E-state index contributed by atoms with van der Waals surface area (Å²) < 4.78 is 5.55. The van der Waals surface area contributed by atoms with Gasteiger partial charge < -0.3 is 10.3 Å². The lowest BCUT2D eigenvalue weighted by Gasteiger charge is -2.23. The maximum Gasteiger partial charge on any atom is 0.229 e. The van der Waals surface area contributed by atoms with Crippen LogP contribution in [-0.2, 0) is 5.41 Å². The molecule has 1 saturated carbocycles. The molecular formula is C17H23N3O. The van der Waals surface area contributed by atoms with Gasteiger partial charge in [-0.25, -0.2) is 0 Å². The molecule has 0 saturated heterocycles. The van der Waals surface area contributed by atoms with Crippen LogP contribution in [0.2, 0.25) is 0 Å². The van der Waals surface area contributed by atoms with Gasteiger partial charge in [-0.3, -0.25) is 0 Å². The van der Waals surface area contributed by atoms with Crippen LogP contribution in [0.1, 0.15) is 62.7 Å². The molecule has 0 radical (unpaired) electrons. The highest BCUT2D eigenvalue weighted by molar-refractivity contribution is 5.30. The molecular weight excluding hydrogens is 262 g/mol. The zero-order valence-corrected chi connectivity index (χ0v) is 12.7. The molecule has 1 aromatic carbocycles. The predicted octanol–water partition coefficient (Wildman–Crippen LogP) is 3.38. The first-order valence-electron chi connectivity index (χ1n) is 7.72. The number of hydrogen-bond acceptors (Lipinski definition) is 4. The molecule has 4 heteroatoms. The van der Waals surface area contributed by atoms with Crippen LogP contribution in [0.25, 0.3) is 0 Å². The fourth-order valence-corrected chi connectivity index (χ4v) is 3.00. The molecule has 1 aromatic heterocycles. The van der Waals surface area contributed by atoms with Crippen LogP contribution in [0.15, 0.2) is 34.9 Å². The molecule has 2 aromatic rings. The van der Waals surface area contributed by atoms with E-state index in [9.17, 15) is 0 Å². The summed E-state index contributed by atoms with van der Waals surface area (Å²) in [6.45, 7) is 4.27. The lowest BCUT2D eigenvalue weighted by molar-refractivity contribution is 0.298. The Labute approximate surface area is 125 Å². The summed E-state index contributed by atoms with van der Waals surface area (Å²) in [7, 11) is 0. The van der Waals surface area contributed by atoms with Gasteiger partial charge in [0.25, 0.3) is 0 Å². The third kappa shape index (κ3) is 2.86. The van der Waals surface area contributed by atoms with Crippen molar-refractivity contribution in [2.24, 2.45) is 5.73 Å². The molecule has 0 amide bonds. The largest absolute Gasteiger partial charge is 0.339 e. The Morgan fingerprint density at radius 1 is 1.10 bits per heavy atom. The smallest absolute Gasteiger partial charge is 0.229 e. The van der Waals surface area contributed by atoms with Gasteiger partial charge in [-0.15, -0.1) is 0 Å². The van der Waals surface area contributed by atoms with E-state index in [4.69, 9.17) is 10.3 Å². The number of benzene rings is 1. The minimum Gasteiger partial charge on any atom is -0.339 e. The van der Waals surface area contributed by atoms with E-state index in [1.807, 2.05) is 18.2 Å². The van der Waals surface area contributed by atoms with Gasteiger partial charge in [0, 0.05) is 12.0 Å². The number of nitrogens with zero attached hydrogens (tertiary/aromatic N) is 2. The summed E-state index contributed by atoms with van der Waals surface area (Å²) >= 11 is 0. The molecule has 1 fully saturated rings. The number of rotatable bonds is 3. The first-order valence-corrected chi connectivity index (χ1v) is 7.72. The Balaban J connectivity index is 1.81. The molecule has 0 atom stereocenters. The lowest BCUT2D eigenvalue weighted by atomic mass is 9.83. The van der Waals surface area contributed by atoms with Gasteiger partial charge in [0.15, 0.2) is 5.82 Å². The van der Waals surface area contributed by atoms with Crippen molar-refractivity contribution >= 4 is 0 Å². The highest BCUT2D eigenvalue weighted by Gasteiger charge is 2.31. The minimum atomic E-state index is -0.242. The van der Waals surface area contributed by atoms with Crippen molar-refractivity contribution in [3.05, 3.63) is 47.6 Å². The van der Waals surface area contributed by atoms with E-state index in [0.717, 1.165) is 37.4 Å². The second-order valence-corrected chi connectivity index (χ2v) is 6.56. The predicted molar refractivity (Wildman–Crippen MR) is 82.1 cm³/mol. The molecule has 0 bridgehead atoms. The fourth-order valence-electron chi connectivity index (χ4n) is 3.00. The van der Waals surface area contributed by atoms with E-state index in [2.05, 4.69) is 36.1 Å². The van der Waals surface area contributed by atoms with Crippen molar-refractivity contribution in [2.45, 2.75) is 56.9 Å². The maximum atomic E-state index is 5.96. The highest BCUT2D eigenvalue weighted by atomic mass is 16.5. The first kappa shape index (κ1) is 14.3. The lowest BCUT2D eigenvalue weighted by Crippen LogP contribution is -2.26. The Kier molecular flexibility index (Phi) is 3.81. The van der Waals surface area contributed by atoms with E-state index in [1.54, 1.807) is 0 Å². The summed E-state index contributed by atoms with van der Waals surface area (Å²) in [6.07, 6.45) is 4.19. The zero-order valence-electron chi connectivity index (χ0n) is 12.7. The van der Waals surface area contributed by atoms with E-state index >= 15 is 0 Å². The monoisotopic (exact) mass is 285 g/mol. The van der Waals surface area contributed by atoms with Crippen LogP contribution in [0.4, 0.5) is 0 Å². The Morgan fingerprint density at radius 2 is 1.76 bits per heavy atom. The molecule has 4 nitrogen and oxygen atoms in total. The fraction of sp³-hybridized carbons (Fsp3) is 0.529. The van der Waals surface area contributed by atoms with Crippen LogP contribution in [-0.4, -0.2) is 16.2 Å². The molecule has 1 aliphatic carbocycles. The summed E-state index contributed by atoms with van der Waals surface area (Å²) in [4.78, 5) is 4.69. The summed E-state index contributed by atoms with van der Waals surface area (Å²) in [5.74, 6) is 1.91. The molecule has 1 aliphatic rings. The minimum absolute atomic E-state index is 0.242. The van der Waals surface area contributed by atoms with Gasteiger partial charge in [0.1, 0.15) is 0 Å². The van der Waals surface area contributed by atoms with Gasteiger partial charge in [0.05, 0.1) is 5.41 Å². The molecule has 0 aliphatic heterocycles. The third-order valence-electron chi connectivity index (χ3n) is 4.62. The molecule has 0 unspecified atom stereocenters. The second kappa shape index (κ2) is 5.60. The molecule has 112 valence electrons. The molecule has 0 spiro atoms. The van der Waals surface area contributed by atoms with Crippen molar-refractivity contribution in [3.8, 4) is 0 Å². The zero-order chi connectivity index (χ0) is 14.9. The number of hydrogen-bond donors (Lipinski definition) is 1. The van der Waals surface area contributed by atoms with E-state index in [1.165, 1.54) is 5.56 Å². The van der Waals surface area contributed by atoms with Gasteiger partial charge in [-0.05, 0) is 45.1 Å². The second-order valence-electron chi connectivity index (χ2n) is 6.56. The first-order chi connectivity index (χ1) is 10.1. The summed E-state index contributed by atoms with van der Waals surface area (Å²) in [5, 5.41) is 4.24. The Bertz CT molecular complexity index is 583. The van der Waals surface area contributed by atoms with Gasteiger partial charge in [0.2, 0.25) is 5.89 Å². The van der Waals surface area contributed by atoms with Crippen LogP contribution in [0.5, 0.6) is 0 Å². The standard InChI is InChI=1S/C17H23N3O/c1-17(2,13-6-4-3-5-7-13)16-19-15(21-20-16)12-8-10-14(18)11-9-12/h3-7,12,14H,8-11,18H2,1-2H3. The van der Waals surface area contributed by atoms with Crippen LogP contribution < -0.4 is 5.73 Å². The SMILES string of the molecule is CC(C)(c1ccccc1)c1noc(C2CCC(N)CC2)n1. The van der Waals surface area contributed by atoms with Crippen molar-refractivity contribution in [3.63, 3.8) is 0 Å². The molecule has 1 heterocycles. The van der Waals surface area contributed by atoms with Crippen LogP contribution >= 0.6 is 0 Å². The van der Waals surface area contributed by atoms with Crippen molar-refractivity contribution in [2.75, 3.05) is 0 Å². The van der Waals surface area contributed by atoms with Gasteiger partial charge in [-0.2, -0.15) is 4.98 Å². The molecule has 3 rings (SSSR count). The van der Waals surface area contributed by atoms with Crippen molar-refractivity contribution < 1.29 is 4.52 Å². The number of aromatic nitrogens is 2. The topological polar surface area (TPSA) is 64.9 Å². The normalized spacial score (nSPS) is 23.2. The van der Waals surface area contributed by atoms with Crippen LogP contribution in [0, 0.1) is 0 Å². The quantitative estimate of drug-likeness (QED) is 0.939. The maximum absolute atomic E-state index is 5.96. The summed E-state index contributed by atoms with van der Waals surface area (Å²) in [6, 6.07) is 10.7. The van der Waals surface area contributed by atoms with Gasteiger partial charge >= 0.3 is 0 Å². The van der Waals surface area contributed by atoms with E-state index in [0.29, 0.717) is 12.0 Å². The van der Waals surface area contributed by atoms with Crippen molar-refractivity contribution in [1.29, 1.82) is 0 Å². The average Bonchev–Trinajstić information content (AvgIpc) is 2.99. The van der Waals surface area contributed by atoms with Crippen LogP contribution in [0.3, 0.4) is 0 Å². The Morgan fingerprint density at radius 3 is 2.43 bits per heavy atom. The Hall–Kier alpha value is -1.68. The van der Waals surface area contributed by atoms with E-state index < -0.39 is 0 Å². The van der Waals surface area contributed by atoms with E-state index in [-0.39, 0.29) is 5.41 Å². The number of nitrogens with two attached hydrogens (primary N) is 1. The summed E-state index contributed by atoms with van der Waals surface area (Å²) in [5.41, 5.74) is 6.91. The average molecular weight is 285 g/mol.